The maximum absolute atomic E-state index is 12.0. The van der Waals surface area contributed by atoms with E-state index in [0.29, 0.717) is 18.3 Å². The minimum Gasteiger partial charge on any atom is -0.357 e. The molecule has 6 heteroatoms. The highest BCUT2D eigenvalue weighted by Gasteiger charge is 2.18. The predicted octanol–water partition coefficient (Wildman–Crippen LogP) is 3.53. The van der Waals surface area contributed by atoms with Crippen LogP contribution >= 0.6 is 24.0 Å². The van der Waals surface area contributed by atoms with Gasteiger partial charge >= 0.3 is 0 Å². The van der Waals surface area contributed by atoms with Gasteiger partial charge in [-0.3, -0.25) is 9.20 Å². The monoisotopic (exact) mass is 445 g/mol. The first kappa shape index (κ1) is 24.4. The van der Waals surface area contributed by atoms with E-state index in [1.807, 2.05) is 20.8 Å². The Kier molecular flexibility index (Phi) is 13.9. The molecule has 0 aliphatic heterocycles. The number of guanidine groups is 1. The van der Waals surface area contributed by atoms with Crippen LogP contribution < -0.4 is 10.6 Å². The second-order valence-electron chi connectivity index (χ2n) is 6.94. The molecule has 22 heavy (non-hydrogen) atoms. The van der Waals surface area contributed by atoms with E-state index in [-0.39, 0.29) is 28.7 Å². The van der Waals surface area contributed by atoms with Crippen molar-refractivity contribution in [2.24, 2.45) is 10.9 Å². The predicted molar refractivity (Wildman–Crippen MR) is 111 cm³/mol. The van der Waals surface area contributed by atoms with Gasteiger partial charge in [-0.1, -0.05) is 13.8 Å². The lowest BCUT2D eigenvalue weighted by Crippen LogP contribution is -2.42. The summed E-state index contributed by atoms with van der Waals surface area (Å²) in [5.74, 6) is 2.17. The Morgan fingerprint density at radius 3 is 2.23 bits per heavy atom. The highest BCUT2D eigenvalue weighted by Crippen LogP contribution is 2.11. The van der Waals surface area contributed by atoms with Crippen LogP contribution in [0.3, 0.4) is 0 Å². The molecule has 0 saturated carbocycles. The molecule has 0 rings (SSSR count). The summed E-state index contributed by atoms with van der Waals surface area (Å²) in [6, 6.07) is 0.401. The molecule has 2 N–H and O–H groups in total. The smallest absolute Gasteiger partial charge is 0.191 e. The van der Waals surface area contributed by atoms with E-state index < -0.39 is 10.8 Å². The van der Waals surface area contributed by atoms with E-state index in [4.69, 9.17) is 0 Å². The Hall–Kier alpha value is 0.150. The van der Waals surface area contributed by atoms with Crippen molar-refractivity contribution in [2.75, 3.05) is 18.8 Å². The number of nitrogens with one attached hydrogen (secondary N) is 2. The van der Waals surface area contributed by atoms with Gasteiger partial charge in [0.15, 0.2) is 5.96 Å². The minimum atomic E-state index is -0.843. The lowest BCUT2D eigenvalue weighted by Gasteiger charge is -2.19. The summed E-state index contributed by atoms with van der Waals surface area (Å²) < 4.78 is 11.8. The van der Waals surface area contributed by atoms with Crippen molar-refractivity contribution in [3.05, 3.63) is 0 Å². The summed E-state index contributed by atoms with van der Waals surface area (Å²) in [5.41, 5.74) is 0. The van der Waals surface area contributed by atoms with E-state index in [1.165, 1.54) is 6.42 Å². The van der Waals surface area contributed by atoms with Gasteiger partial charge in [-0.05, 0) is 53.4 Å². The number of halogens is 1. The Labute approximate surface area is 157 Å². The molecule has 0 aromatic carbocycles. The Morgan fingerprint density at radius 1 is 1.18 bits per heavy atom. The summed E-state index contributed by atoms with van der Waals surface area (Å²) in [7, 11) is -0.843. The number of aliphatic imine (C=N–C) groups is 1. The van der Waals surface area contributed by atoms with Gasteiger partial charge in [0.1, 0.15) is 0 Å². The molecule has 0 fully saturated rings. The molecular weight excluding hydrogens is 409 g/mol. The van der Waals surface area contributed by atoms with Crippen molar-refractivity contribution in [2.45, 2.75) is 72.1 Å². The summed E-state index contributed by atoms with van der Waals surface area (Å²) in [4.78, 5) is 4.54. The van der Waals surface area contributed by atoms with Crippen molar-refractivity contribution in [3.8, 4) is 0 Å². The second-order valence-corrected chi connectivity index (χ2v) is 9.26. The van der Waals surface area contributed by atoms with Crippen LogP contribution in [0.2, 0.25) is 0 Å². The SMILES string of the molecule is CCNC(=NCCS(=O)C(C)(C)C)NC(C)CCC(C)C.I. The van der Waals surface area contributed by atoms with Gasteiger partial charge in [-0.2, -0.15) is 0 Å². The number of hydrogen-bond acceptors (Lipinski definition) is 2. The molecule has 0 amide bonds. The van der Waals surface area contributed by atoms with Gasteiger partial charge in [0.2, 0.25) is 0 Å². The van der Waals surface area contributed by atoms with Gasteiger partial charge in [0.25, 0.3) is 0 Å². The maximum Gasteiger partial charge on any atom is 0.191 e. The molecule has 2 atom stereocenters. The zero-order valence-electron chi connectivity index (χ0n) is 15.4. The van der Waals surface area contributed by atoms with E-state index in [0.717, 1.165) is 24.8 Å². The van der Waals surface area contributed by atoms with Crippen LogP contribution in [0.4, 0.5) is 0 Å². The summed E-state index contributed by atoms with van der Waals surface area (Å²) in [6.45, 7) is 16.2. The van der Waals surface area contributed by atoms with Crippen LogP contribution in [0.5, 0.6) is 0 Å². The summed E-state index contributed by atoms with van der Waals surface area (Å²) in [5, 5.41) is 6.68. The number of nitrogens with zero attached hydrogens (tertiary/aromatic N) is 1. The molecule has 134 valence electrons. The van der Waals surface area contributed by atoms with Gasteiger partial charge in [0, 0.05) is 33.9 Å². The van der Waals surface area contributed by atoms with Crippen LogP contribution in [0.15, 0.2) is 4.99 Å². The van der Waals surface area contributed by atoms with Gasteiger partial charge in [0.05, 0.1) is 6.54 Å². The molecule has 0 radical (unpaired) electrons. The number of hydrogen-bond donors (Lipinski definition) is 2. The van der Waals surface area contributed by atoms with E-state index in [9.17, 15) is 4.21 Å². The second kappa shape index (κ2) is 12.6. The Balaban J connectivity index is 0. The first-order valence-electron chi connectivity index (χ1n) is 8.10. The van der Waals surface area contributed by atoms with Crippen molar-refractivity contribution in [1.29, 1.82) is 0 Å². The highest BCUT2D eigenvalue weighted by atomic mass is 127. The van der Waals surface area contributed by atoms with Crippen LogP contribution in [-0.4, -0.2) is 39.8 Å². The molecule has 0 spiro atoms. The standard InChI is InChI=1S/C16H35N3OS.HI/c1-8-17-15(19-14(4)10-9-13(2)3)18-11-12-21(20)16(5,6)7;/h13-14H,8-12H2,1-7H3,(H2,17,18,19);1H. The molecule has 0 aromatic rings. The fraction of sp³-hybridized carbons (Fsp3) is 0.938. The topological polar surface area (TPSA) is 53.5 Å². The van der Waals surface area contributed by atoms with E-state index in [1.54, 1.807) is 0 Å². The average molecular weight is 445 g/mol. The normalized spacial score (nSPS) is 15.2. The molecule has 2 unspecified atom stereocenters. The van der Waals surface area contributed by atoms with Crippen LogP contribution in [0.25, 0.3) is 0 Å². The fourth-order valence-corrected chi connectivity index (χ4v) is 2.62. The van der Waals surface area contributed by atoms with Gasteiger partial charge in [-0.15, -0.1) is 24.0 Å². The van der Waals surface area contributed by atoms with Crippen molar-refractivity contribution in [3.63, 3.8) is 0 Å². The van der Waals surface area contributed by atoms with Crippen LogP contribution in [-0.2, 0) is 10.8 Å². The summed E-state index contributed by atoms with van der Waals surface area (Å²) in [6.07, 6.45) is 2.34. The van der Waals surface area contributed by atoms with Crippen LogP contribution in [0, 0.1) is 5.92 Å². The number of rotatable bonds is 8. The molecule has 0 saturated heterocycles. The molecule has 4 nitrogen and oxygen atoms in total. The first-order valence-corrected chi connectivity index (χ1v) is 9.42. The Morgan fingerprint density at radius 2 is 1.77 bits per heavy atom. The quantitative estimate of drug-likeness (QED) is 0.342. The Bertz CT molecular complexity index is 341. The van der Waals surface area contributed by atoms with E-state index >= 15 is 0 Å². The molecule has 0 aliphatic rings. The van der Waals surface area contributed by atoms with Crippen LogP contribution in [0.1, 0.15) is 61.3 Å². The fourth-order valence-electron chi connectivity index (χ4n) is 1.76. The third kappa shape index (κ3) is 12.7. The zero-order valence-corrected chi connectivity index (χ0v) is 18.5. The van der Waals surface area contributed by atoms with Gasteiger partial charge in [-0.25, -0.2) is 0 Å². The minimum absolute atomic E-state index is 0. The first-order chi connectivity index (χ1) is 9.66. The third-order valence-corrected chi connectivity index (χ3v) is 5.05. The third-order valence-electron chi connectivity index (χ3n) is 3.13. The molecule has 0 bridgehead atoms. The van der Waals surface area contributed by atoms with Crippen molar-refractivity contribution >= 4 is 40.7 Å². The van der Waals surface area contributed by atoms with Crippen molar-refractivity contribution < 1.29 is 4.21 Å². The van der Waals surface area contributed by atoms with Gasteiger partial charge < -0.3 is 10.6 Å². The summed E-state index contributed by atoms with van der Waals surface area (Å²) >= 11 is 0. The molecule has 0 heterocycles. The van der Waals surface area contributed by atoms with Crippen molar-refractivity contribution in [1.82, 2.24) is 10.6 Å². The lowest BCUT2D eigenvalue weighted by molar-refractivity contribution is 0.489. The highest BCUT2D eigenvalue weighted by molar-refractivity contribution is 14.0. The largest absolute Gasteiger partial charge is 0.357 e. The molecule has 0 aliphatic carbocycles. The molecule has 0 aromatic heterocycles. The lowest BCUT2D eigenvalue weighted by atomic mass is 10.0. The van der Waals surface area contributed by atoms with E-state index in [2.05, 4.69) is 43.3 Å². The maximum atomic E-state index is 12.0. The zero-order chi connectivity index (χ0) is 16.5. The average Bonchev–Trinajstić information content (AvgIpc) is 2.35. The molecular formula is C16H36IN3OS.